The second-order valence-electron chi connectivity index (χ2n) is 6.81. The van der Waals surface area contributed by atoms with Crippen LogP contribution in [0.2, 0.25) is 0 Å². The normalized spacial score (nSPS) is 20.0. The van der Waals surface area contributed by atoms with Gasteiger partial charge < -0.3 is 15.3 Å². The molecule has 1 fully saturated rings. The van der Waals surface area contributed by atoms with Gasteiger partial charge in [-0.05, 0) is 35.7 Å². The number of carboxylic acids is 1. The van der Waals surface area contributed by atoms with Crippen LogP contribution in [0.25, 0.3) is 0 Å². The van der Waals surface area contributed by atoms with E-state index < -0.39 is 40.4 Å². The van der Waals surface area contributed by atoms with Crippen molar-refractivity contribution < 1.29 is 36.7 Å². The summed E-state index contributed by atoms with van der Waals surface area (Å²) in [6.45, 7) is 0.165. The molecule has 2 aliphatic heterocycles. The molecule has 1 unspecified atom stereocenters. The van der Waals surface area contributed by atoms with E-state index >= 15 is 0 Å². The Bertz CT molecular complexity index is 1150. The van der Waals surface area contributed by atoms with Crippen molar-refractivity contribution in [1.29, 1.82) is 0 Å². The quantitative estimate of drug-likeness (QED) is 0.497. The van der Waals surface area contributed by atoms with Crippen LogP contribution in [0, 0.1) is 0 Å². The number of aromatic nitrogens is 1. The fraction of sp³-hybridized carbons (Fsp3) is 0.294. The Hall–Kier alpha value is -3.07. The molecule has 3 amide bonds. The molecule has 0 spiro atoms. The Morgan fingerprint density at radius 1 is 1.32 bits per heavy atom. The molecule has 1 saturated heterocycles. The fourth-order valence-electron chi connectivity index (χ4n) is 3.57. The Morgan fingerprint density at radius 2 is 2.03 bits per heavy atom. The number of hydroxylamine groups is 2. The maximum Gasteiger partial charge on any atom is 0.418 e. The van der Waals surface area contributed by atoms with Crippen molar-refractivity contribution in [3.8, 4) is 0 Å². The van der Waals surface area contributed by atoms with Crippen LogP contribution in [-0.4, -0.2) is 64.0 Å². The van der Waals surface area contributed by atoms with Crippen LogP contribution >= 0.6 is 11.3 Å². The fourth-order valence-corrected chi connectivity index (χ4v) is 5.18. The first kappa shape index (κ1) is 21.2. The number of fused-ring (bicyclic) bond motifs is 4. The van der Waals surface area contributed by atoms with E-state index in [-0.39, 0.29) is 21.9 Å². The molecule has 0 saturated carbocycles. The molecule has 14 heteroatoms. The topological polar surface area (TPSA) is 166 Å². The van der Waals surface area contributed by atoms with Gasteiger partial charge in [-0.2, -0.15) is 13.5 Å². The van der Waals surface area contributed by atoms with Gasteiger partial charge in [0, 0.05) is 23.8 Å². The molecular formula is C17H16N4O8S2. The first-order valence-corrected chi connectivity index (χ1v) is 11.1. The zero-order valence-corrected chi connectivity index (χ0v) is 17.3. The minimum atomic E-state index is -5.02. The lowest BCUT2D eigenvalue weighted by Gasteiger charge is -2.27. The summed E-state index contributed by atoms with van der Waals surface area (Å²) in [5.74, 6) is -1.77. The lowest BCUT2D eigenvalue weighted by molar-refractivity contribution is -0.142. The number of aliphatic carboxylic acids is 1. The van der Waals surface area contributed by atoms with Crippen molar-refractivity contribution in [2.75, 3.05) is 13.1 Å². The number of rotatable bonds is 7. The number of carbonyl (C=O) groups excluding carboxylic acids is 2. The summed E-state index contributed by atoms with van der Waals surface area (Å²) in [6, 6.07) is 1.64. The molecule has 2 aromatic heterocycles. The standard InChI is InChI=1S/C17H16N4O8S2/c22-15(19-6-3-9-1-4-18-5-2-9)12-7-10-11-8-20(13(16(23)24)14(10)30-12)17(25)21(11)29-31(26,27)28/h1-2,4-5,7,11,13H,3,6,8H2,(H,19,22)(H,23,24)(H,26,27,28)/t11-,13?/m1/s1. The van der Waals surface area contributed by atoms with Gasteiger partial charge in [0.05, 0.1) is 11.4 Å². The van der Waals surface area contributed by atoms with Gasteiger partial charge in [-0.3, -0.25) is 14.3 Å². The lowest BCUT2D eigenvalue weighted by Crippen LogP contribution is -2.38. The van der Waals surface area contributed by atoms with Crippen LogP contribution in [0.3, 0.4) is 0 Å². The molecule has 3 N–H and O–H groups in total. The van der Waals surface area contributed by atoms with Crippen molar-refractivity contribution in [1.82, 2.24) is 20.3 Å². The van der Waals surface area contributed by atoms with E-state index in [1.54, 1.807) is 12.4 Å². The van der Waals surface area contributed by atoms with Crippen molar-refractivity contribution >= 4 is 39.6 Å². The Kier molecular flexibility index (Phi) is 5.38. The maximum absolute atomic E-state index is 12.6. The predicted octanol–water partition coefficient (Wildman–Crippen LogP) is 0.768. The van der Waals surface area contributed by atoms with Gasteiger partial charge in [0.25, 0.3) is 5.91 Å². The number of urea groups is 1. The average molecular weight is 468 g/mol. The molecule has 0 radical (unpaired) electrons. The molecular weight excluding hydrogens is 452 g/mol. The summed E-state index contributed by atoms with van der Waals surface area (Å²) >= 11 is 0.905. The third-order valence-corrected chi connectivity index (χ3v) is 6.43. The van der Waals surface area contributed by atoms with E-state index in [1.807, 2.05) is 12.1 Å². The third kappa shape index (κ3) is 4.10. The third-order valence-electron chi connectivity index (χ3n) is 4.88. The molecule has 2 bridgehead atoms. The highest BCUT2D eigenvalue weighted by molar-refractivity contribution is 7.80. The minimum Gasteiger partial charge on any atom is -0.479 e. The molecule has 2 atom stereocenters. The first-order chi connectivity index (χ1) is 14.7. The highest BCUT2D eigenvalue weighted by atomic mass is 32.3. The molecule has 12 nitrogen and oxygen atoms in total. The van der Waals surface area contributed by atoms with Crippen LogP contribution in [-0.2, 0) is 25.9 Å². The number of carboxylic acid groups (broad SMARTS) is 1. The summed E-state index contributed by atoms with van der Waals surface area (Å²) in [5, 5.41) is 12.8. The van der Waals surface area contributed by atoms with Gasteiger partial charge in [0.15, 0.2) is 6.04 Å². The van der Waals surface area contributed by atoms with Crippen molar-refractivity contribution in [3.63, 3.8) is 0 Å². The number of thiophene rings is 1. The van der Waals surface area contributed by atoms with E-state index in [4.69, 9.17) is 4.55 Å². The van der Waals surface area contributed by atoms with Gasteiger partial charge in [0.2, 0.25) is 0 Å². The smallest absolute Gasteiger partial charge is 0.418 e. The highest BCUT2D eigenvalue weighted by Crippen LogP contribution is 2.47. The highest BCUT2D eigenvalue weighted by Gasteiger charge is 2.53. The monoisotopic (exact) mass is 468 g/mol. The van der Waals surface area contributed by atoms with Gasteiger partial charge in [-0.25, -0.2) is 9.59 Å². The molecule has 0 aliphatic carbocycles. The summed E-state index contributed by atoms with van der Waals surface area (Å²) in [7, 11) is -5.02. The lowest BCUT2D eigenvalue weighted by atomic mass is 9.99. The molecule has 4 rings (SSSR count). The molecule has 164 valence electrons. The minimum absolute atomic E-state index is 0.168. The van der Waals surface area contributed by atoms with Gasteiger partial charge >= 0.3 is 22.4 Å². The largest absolute Gasteiger partial charge is 0.479 e. The van der Waals surface area contributed by atoms with E-state index in [1.165, 1.54) is 6.07 Å². The van der Waals surface area contributed by atoms with Crippen LogP contribution < -0.4 is 5.32 Å². The van der Waals surface area contributed by atoms with E-state index in [2.05, 4.69) is 14.6 Å². The molecule has 4 heterocycles. The number of hydrogen-bond acceptors (Lipinski definition) is 8. The van der Waals surface area contributed by atoms with E-state index in [9.17, 15) is 27.9 Å². The maximum atomic E-state index is 12.6. The summed E-state index contributed by atoms with van der Waals surface area (Å²) in [6.07, 6.45) is 3.85. The number of amides is 3. The Balaban J connectivity index is 1.57. The zero-order valence-electron chi connectivity index (χ0n) is 15.7. The van der Waals surface area contributed by atoms with Gasteiger partial charge in [-0.1, -0.05) is 0 Å². The molecule has 0 aromatic carbocycles. The number of nitrogens with one attached hydrogen (secondary N) is 1. The Morgan fingerprint density at radius 3 is 2.68 bits per heavy atom. The number of hydrogen-bond donors (Lipinski definition) is 3. The van der Waals surface area contributed by atoms with Crippen LogP contribution in [0.5, 0.6) is 0 Å². The second kappa shape index (κ2) is 7.88. The van der Waals surface area contributed by atoms with Crippen LogP contribution in [0.1, 0.15) is 37.8 Å². The summed E-state index contributed by atoms with van der Waals surface area (Å²) < 4.78 is 35.6. The molecule has 31 heavy (non-hydrogen) atoms. The second-order valence-corrected chi connectivity index (χ2v) is 8.90. The van der Waals surface area contributed by atoms with Gasteiger partial charge in [0.1, 0.15) is 6.04 Å². The predicted molar refractivity (Wildman–Crippen MR) is 104 cm³/mol. The average Bonchev–Trinajstić information content (AvgIpc) is 3.25. The number of pyridine rings is 1. The first-order valence-electron chi connectivity index (χ1n) is 8.96. The van der Waals surface area contributed by atoms with E-state index in [0.717, 1.165) is 21.8 Å². The van der Waals surface area contributed by atoms with E-state index in [0.29, 0.717) is 18.0 Å². The number of carbonyl (C=O) groups is 3. The zero-order chi connectivity index (χ0) is 22.3. The van der Waals surface area contributed by atoms with Crippen molar-refractivity contribution in [2.24, 2.45) is 0 Å². The molecule has 2 aromatic rings. The van der Waals surface area contributed by atoms with Crippen molar-refractivity contribution in [2.45, 2.75) is 18.5 Å². The summed E-state index contributed by atoms with van der Waals surface area (Å²) in [5.41, 5.74) is 1.26. The van der Waals surface area contributed by atoms with Crippen LogP contribution in [0.4, 0.5) is 4.79 Å². The number of nitrogens with zero attached hydrogens (tertiary/aromatic N) is 3. The Labute approximate surface area is 180 Å². The van der Waals surface area contributed by atoms with Gasteiger partial charge in [-0.15, -0.1) is 15.6 Å². The molecule has 2 aliphatic rings. The summed E-state index contributed by atoms with van der Waals surface area (Å²) in [4.78, 5) is 42.1. The SMILES string of the molecule is O=C(NCCc1ccncc1)c1cc2c(s1)C(C(=O)O)N1C[C@H]2N(OS(=O)(=O)O)C1=O. The van der Waals surface area contributed by atoms with Crippen LogP contribution in [0.15, 0.2) is 30.6 Å². The van der Waals surface area contributed by atoms with Crippen molar-refractivity contribution in [3.05, 3.63) is 51.5 Å².